The van der Waals surface area contributed by atoms with Crippen LogP contribution in [0.3, 0.4) is 0 Å². The summed E-state index contributed by atoms with van der Waals surface area (Å²) in [6.07, 6.45) is 5.23. The standard InChI is InChI=1S/C14H16BrN3OS/c1-18-9-16-17-13(18)14(7-12(8-14)20(2)19)10-4-3-5-11(15)6-10/h3-6,9,12H,7-8H2,1-2H3. The van der Waals surface area contributed by atoms with Gasteiger partial charge in [0.05, 0.1) is 5.41 Å². The fourth-order valence-electron chi connectivity index (χ4n) is 3.00. The summed E-state index contributed by atoms with van der Waals surface area (Å²) < 4.78 is 14.7. The average Bonchev–Trinajstić information content (AvgIpc) is 2.75. The maximum absolute atomic E-state index is 11.7. The molecule has 2 aromatic rings. The molecule has 1 aromatic heterocycles. The van der Waals surface area contributed by atoms with Gasteiger partial charge in [0.2, 0.25) is 0 Å². The Morgan fingerprint density at radius 2 is 2.20 bits per heavy atom. The summed E-state index contributed by atoms with van der Waals surface area (Å²) in [6.45, 7) is 0. The van der Waals surface area contributed by atoms with Crippen molar-refractivity contribution in [2.75, 3.05) is 6.26 Å². The van der Waals surface area contributed by atoms with Crippen LogP contribution in [0.4, 0.5) is 0 Å². The maximum atomic E-state index is 11.7. The van der Waals surface area contributed by atoms with E-state index < -0.39 is 10.8 Å². The summed E-state index contributed by atoms with van der Waals surface area (Å²) in [5.74, 6) is 0.956. The van der Waals surface area contributed by atoms with Crippen molar-refractivity contribution in [3.8, 4) is 0 Å². The number of hydrogen-bond donors (Lipinski definition) is 0. The Bertz CT molecular complexity index is 664. The van der Waals surface area contributed by atoms with Gasteiger partial charge >= 0.3 is 0 Å². The second-order valence-corrected chi connectivity index (χ2v) is 7.97. The second-order valence-electron chi connectivity index (χ2n) is 5.39. The molecule has 0 spiro atoms. The summed E-state index contributed by atoms with van der Waals surface area (Å²) in [6, 6.07) is 8.30. The van der Waals surface area contributed by atoms with Crippen LogP contribution in [0, 0.1) is 0 Å². The number of rotatable bonds is 3. The minimum absolute atomic E-state index is 0.161. The molecule has 1 aliphatic carbocycles. The highest BCUT2D eigenvalue weighted by Crippen LogP contribution is 2.50. The van der Waals surface area contributed by atoms with Gasteiger partial charge in [-0.3, -0.25) is 4.21 Å². The van der Waals surface area contributed by atoms with E-state index in [2.05, 4.69) is 38.3 Å². The fraction of sp³-hybridized carbons (Fsp3) is 0.429. The molecule has 0 amide bonds. The van der Waals surface area contributed by atoms with Crippen molar-refractivity contribution in [1.29, 1.82) is 0 Å². The van der Waals surface area contributed by atoms with E-state index in [0.29, 0.717) is 0 Å². The van der Waals surface area contributed by atoms with Crippen molar-refractivity contribution in [1.82, 2.24) is 14.8 Å². The van der Waals surface area contributed by atoms with Gasteiger partial charge in [0, 0.05) is 33.8 Å². The Kier molecular flexibility index (Phi) is 3.54. The zero-order valence-electron chi connectivity index (χ0n) is 11.4. The third-order valence-electron chi connectivity index (χ3n) is 4.14. The molecule has 1 unspecified atom stereocenters. The quantitative estimate of drug-likeness (QED) is 0.851. The van der Waals surface area contributed by atoms with E-state index in [-0.39, 0.29) is 10.7 Å². The zero-order chi connectivity index (χ0) is 14.3. The van der Waals surface area contributed by atoms with Gasteiger partial charge < -0.3 is 4.57 Å². The normalized spacial score (nSPS) is 27.1. The van der Waals surface area contributed by atoms with E-state index in [0.717, 1.165) is 23.1 Å². The predicted octanol–water partition coefficient (Wildman–Crippen LogP) is 2.40. The van der Waals surface area contributed by atoms with Gasteiger partial charge in [0.15, 0.2) is 0 Å². The molecule has 20 heavy (non-hydrogen) atoms. The zero-order valence-corrected chi connectivity index (χ0v) is 13.8. The number of benzene rings is 1. The Morgan fingerprint density at radius 3 is 2.75 bits per heavy atom. The molecule has 0 bridgehead atoms. The first-order valence-corrected chi connectivity index (χ1v) is 8.87. The van der Waals surface area contributed by atoms with E-state index in [1.165, 1.54) is 5.56 Å². The van der Waals surface area contributed by atoms with Gasteiger partial charge in [-0.15, -0.1) is 10.2 Å². The summed E-state index contributed by atoms with van der Waals surface area (Å²) in [5.41, 5.74) is 1.05. The molecule has 0 N–H and O–H groups in total. The topological polar surface area (TPSA) is 47.8 Å². The number of aryl methyl sites for hydroxylation is 1. The lowest BCUT2D eigenvalue weighted by Crippen LogP contribution is -2.48. The maximum Gasteiger partial charge on any atom is 0.143 e. The average molecular weight is 354 g/mol. The first-order chi connectivity index (χ1) is 9.53. The van der Waals surface area contributed by atoms with Crippen LogP contribution >= 0.6 is 15.9 Å². The lowest BCUT2D eigenvalue weighted by molar-refractivity contribution is 0.285. The van der Waals surface area contributed by atoms with E-state index in [1.54, 1.807) is 12.6 Å². The molecule has 3 rings (SSSR count). The third kappa shape index (κ3) is 2.15. The van der Waals surface area contributed by atoms with Crippen molar-refractivity contribution < 1.29 is 4.21 Å². The van der Waals surface area contributed by atoms with Gasteiger partial charge in [-0.05, 0) is 30.5 Å². The highest BCUT2D eigenvalue weighted by atomic mass is 79.9. The number of nitrogens with zero attached hydrogens (tertiary/aromatic N) is 3. The molecular formula is C14H16BrN3OS. The molecule has 4 nitrogen and oxygen atoms in total. The predicted molar refractivity (Wildman–Crippen MR) is 83.0 cm³/mol. The van der Waals surface area contributed by atoms with Crippen LogP contribution in [0.1, 0.15) is 24.2 Å². The van der Waals surface area contributed by atoms with E-state index >= 15 is 0 Å². The summed E-state index contributed by atoms with van der Waals surface area (Å²) >= 11 is 3.53. The lowest BCUT2D eigenvalue weighted by atomic mass is 9.63. The molecule has 106 valence electrons. The van der Waals surface area contributed by atoms with Crippen molar-refractivity contribution in [2.45, 2.75) is 23.5 Å². The van der Waals surface area contributed by atoms with Crippen LogP contribution in [0.25, 0.3) is 0 Å². The number of halogens is 1. The SMILES string of the molecule is Cn1cnnc1C1(c2cccc(Br)c2)CC(S(C)=O)C1. The third-order valence-corrected chi connectivity index (χ3v) is 5.90. The Labute approximate surface area is 129 Å². The van der Waals surface area contributed by atoms with Crippen molar-refractivity contribution in [2.24, 2.45) is 7.05 Å². The smallest absolute Gasteiger partial charge is 0.143 e. The van der Waals surface area contributed by atoms with Crippen LogP contribution in [-0.4, -0.2) is 30.5 Å². The van der Waals surface area contributed by atoms with Crippen molar-refractivity contribution >= 4 is 26.7 Å². The highest BCUT2D eigenvalue weighted by molar-refractivity contribution is 9.10. The minimum Gasteiger partial charge on any atom is -0.320 e. The highest BCUT2D eigenvalue weighted by Gasteiger charge is 2.51. The first kappa shape index (κ1) is 13.9. The van der Waals surface area contributed by atoms with Gasteiger partial charge in [0.25, 0.3) is 0 Å². The minimum atomic E-state index is -0.787. The summed E-state index contributed by atoms with van der Waals surface area (Å²) in [5, 5.41) is 8.56. The van der Waals surface area contributed by atoms with Gasteiger partial charge in [-0.25, -0.2) is 0 Å². The van der Waals surface area contributed by atoms with Gasteiger partial charge in [-0.2, -0.15) is 0 Å². The van der Waals surface area contributed by atoms with Gasteiger partial charge in [-0.1, -0.05) is 28.1 Å². The molecule has 1 aliphatic rings. The first-order valence-electron chi connectivity index (χ1n) is 6.46. The monoisotopic (exact) mass is 353 g/mol. The summed E-state index contributed by atoms with van der Waals surface area (Å²) in [4.78, 5) is 0. The molecule has 1 saturated carbocycles. The molecule has 6 heteroatoms. The van der Waals surface area contributed by atoms with Crippen molar-refractivity contribution in [3.63, 3.8) is 0 Å². The van der Waals surface area contributed by atoms with E-state index in [9.17, 15) is 4.21 Å². The molecule has 1 atom stereocenters. The molecule has 0 aliphatic heterocycles. The number of aromatic nitrogens is 3. The van der Waals surface area contributed by atoms with Crippen LogP contribution < -0.4 is 0 Å². The second kappa shape index (κ2) is 5.07. The Morgan fingerprint density at radius 1 is 1.45 bits per heavy atom. The van der Waals surface area contributed by atoms with Crippen LogP contribution in [-0.2, 0) is 23.3 Å². The van der Waals surface area contributed by atoms with E-state index in [1.807, 2.05) is 23.7 Å². The lowest BCUT2D eigenvalue weighted by Gasteiger charge is -2.46. The molecule has 1 aromatic carbocycles. The Balaban J connectivity index is 2.07. The molecule has 1 heterocycles. The fourth-order valence-corrected chi connectivity index (χ4v) is 4.44. The number of hydrogen-bond acceptors (Lipinski definition) is 3. The molecule has 1 fully saturated rings. The van der Waals surface area contributed by atoms with Crippen LogP contribution in [0.2, 0.25) is 0 Å². The largest absolute Gasteiger partial charge is 0.320 e. The summed E-state index contributed by atoms with van der Waals surface area (Å²) in [7, 11) is 1.18. The van der Waals surface area contributed by atoms with E-state index in [4.69, 9.17) is 0 Å². The molecule has 0 saturated heterocycles. The van der Waals surface area contributed by atoms with Crippen LogP contribution in [0.5, 0.6) is 0 Å². The molecule has 0 radical (unpaired) electrons. The van der Waals surface area contributed by atoms with Crippen molar-refractivity contribution in [3.05, 3.63) is 46.5 Å². The molecular weight excluding hydrogens is 338 g/mol. The van der Waals surface area contributed by atoms with Crippen LogP contribution in [0.15, 0.2) is 35.1 Å². The Hall–Kier alpha value is -1.01. The van der Waals surface area contributed by atoms with Gasteiger partial charge in [0.1, 0.15) is 12.2 Å².